The summed E-state index contributed by atoms with van der Waals surface area (Å²) in [6.07, 6.45) is -13.7. The van der Waals surface area contributed by atoms with Crippen molar-refractivity contribution in [1.29, 1.82) is 0 Å². The van der Waals surface area contributed by atoms with Crippen molar-refractivity contribution in [2.24, 2.45) is 0 Å². The monoisotopic (exact) mass is 720 g/mol. The Bertz CT molecular complexity index is 1530. The summed E-state index contributed by atoms with van der Waals surface area (Å²) in [4.78, 5) is 18.3. The van der Waals surface area contributed by atoms with Crippen molar-refractivity contribution in [3.8, 4) is 0 Å². The first kappa shape index (κ1) is 37.2. The first-order valence-electron chi connectivity index (χ1n) is 10.5. The lowest BCUT2D eigenvalue weighted by Gasteiger charge is -2.28. The summed E-state index contributed by atoms with van der Waals surface area (Å²) in [6.45, 7) is 0. The number of alkyl halides is 14. The maximum Gasteiger partial charge on any atom is 0.461 e. The summed E-state index contributed by atoms with van der Waals surface area (Å²) >= 11 is -1.20. The van der Waals surface area contributed by atoms with Gasteiger partial charge in [-0.1, -0.05) is 12.1 Å². The predicted molar refractivity (Wildman–Crippen MR) is 124 cm³/mol. The first-order valence-corrected chi connectivity index (χ1v) is 13.8. The highest BCUT2D eigenvalue weighted by Crippen LogP contribution is 2.55. The summed E-state index contributed by atoms with van der Waals surface area (Å²) in [5.74, 6) is -16.0. The van der Waals surface area contributed by atoms with Crippen LogP contribution in [0.4, 0.5) is 72.8 Å². The van der Waals surface area contributed by atoms with Crippen molar-refractivity contribution in [3.63, 3.8) is 0 Å². The van der Waals surface area contributed by atoms with Gasteiger partial charge in [0.2, 0.25) is 5.91 Å². The van der Waals surface area contributed by atoms with Gasteiger partial charge in [-0.25, -0.2) is 8.42 Å². The summed E-state index contributed by atoms with van der Waals surface area (Å²) < 4.78 is 207. The Morgan fingerprint density at radius 3 is 1.82 bits per heavy atom. The number of nitrogens with zero attached hydrogens (tertiary/aromatic N) is 1. The standard InChI is InChI=1S/C20H10F14N2O5S3/c21-15(22,17(25,26)27)19(31,32)43-12-4-2-1-3-10(12)35-14(37)8-42-13-6-5-9(7-11(13)36(38)39)44(40,41)20(33,34)16(23,24)18(28,29)30/h1-7H,8H2,(H,35,37). The molecule has 0 atom stereocenters. The van der Waals surface area contributed by atoms with Crippen molar-refractivity contribution < 1.29 is 79.6 Å². The Labute approximate surface area is 243 Å². The average Bonchev–Trinajstić information content (AvgIpc) is 2.86. The number of rotatable bonds is 11. The van der Waals surface area contributed by atoms with E-state index < -0.39 is 99.0 Å². The van der Waals surface area contributed by atoms with Crippen LogP contribution in [0, 0.1) is 10.1 Å². The quantitative estimate of drug-likeness (QED) is 0.109. The van der Waals surface area contributed by atoms with E-state index in [4.69, 9.17) is 0 Å². The summed E-state index contributed by atoms with van der Waals surface area (Å²) in [5, 5.41) is 0.544. The third-order valence-electron chi connectivity index (χ3n) is 4.98. The molecule has 0 aliphatic carbocycles. The Morgan fingerprint density at radius 2 is 1.32 bits per heavy atom. The fourth-order valence-corrected chi connectivity index (χ4v) is 5.73. The molecule has 0 bridgehead atoms. The molecule has 0 spiro atoms. The van der Waals surface area contributed by atoms with Gasteiger partial charge in [0, 0.05) is 11.0 Å². The number of anilines is 1. The van der Waals surface area contributed by atoms with Crippen molar-refractivity contribution in [2.75, 3.05) is 11.1 Å². The van der Waals surface area contributed by atoms with E-state index in [2.05, 4.69) is 0 Å². The van der Waals surface area contributed by atoms with Gasteiger partial charge < -0.3 is 5.32 Å². The zero-order valence-corrected chi connectivity index (χ0v) is 22.7. The van der Waals surface area contributed by atoms with Gasteiger partial charge in [0.05, 0.1) is 26.2 Å². The van der Waals surface area contributed by atoms with E-state index in [0.29, 0.717) is 6.07 Å². The van der Waals surface area contributed by atoms with Gasteiger partial charge in [0.25, 0.3) is 15.5 Å². The SMILES string of the molecule is O=C(CSc1ccc(S(=O)(=O)C(F)(F)C(F)(F)C(F)(F)F)cc1[N+](=O)[O-])Nc1ccccc1SC(F)(F)C(F)(F)C(F)(F)F. The number of nitrogens with one attached hydrogen (secondary N) is 1. The number of sulfone groups is 1. The molecule has 0 heterocycles. The number of thioether (sulfide) groups is 2. The van der Waals surface area contributed by atoms with Crippen LogP contribution < -0.4 is 5.32 Å². The highest BCUT2D eigenvalue weighted by Gasteiger charge is 2.79. The number of halogens is 14. The van der Waals surface area contributed by atoms with Gasteiger partial charge in [-0.15, -0.1) is 11.8 Å². The normalized spacial score (nSPS) is 14.0. The van der Waals surface area contributed by atoms with Crippen LogP contribution in [0.25, 0.3) is 0 Å². The lowest BCUT2D eigenvalue weighted by Crippen LogP contribution is -2.55. The maximum absolute atomic E-state index is 13.9. The Hall–Kier alpha value is -3.02. The number of para-hydroxylation sites is 1. The first-order chi connectivity index (χ1) is 19.6. The molecule has 2 rings (SSSR count). The van der Waals surface area contributed by atoms with E-state index in [0.717, 1.165) is 18.2 Å². The molecule has 0 saturated heterocycles. The number of hydrogen-bond acceptors (Lipinski definition) is 7. The van der Waals surface area contributed by atoms with Gasteiger partial charge in [-0.3, -0.25) is 14.9 Å². The Kier molecular flexibility index (Phi) is 10.2. The second-order valence-corrected chi connectivity index (χ2v) is 12.2. The van der Waals surface area contributed by atoms with Crippen LogP contribution in [0.15, 0.2) is 57.2 Å². The van der Waals surface area contributed by atoms with Crippen LogP contribution in [0.2, 0.25) is 0 Å². The minimum atomic E-state index is -7.14. The molecular formula is C20H10F14N2O5S3. The minimum Gasteiger partial charge on any atom is -0.324 e. The van der Waals surface area contributed by atoms with Gasteiger partial charge in [0.1, 0.15) is 0 Å². The molecule has 24 heteroatoms. The van der Waals surface area contributed by atoms with E-state index >= 15 is 0 Å². The highest BCUT2D eigenvalue weighted by atomic mass is 32.2. The summed E-state index contributed by atoms with van der Waals surface area (Å²) in [7, 11) is -6.95. The zero-order chi connectivity index (χ0) is 34.3. The molecule has 0 aromatic heterocycles. The molecule has 0 radical (unpaired) electrons. The second kappa shape index (κ2) is 12.1. The Morgan fingerprint density at radius 1 is 0.795 bits per heavy atom. The van der Waals surface area contributed by atoms with E-state index in [9.17, 15) is 84.8 Å². The zero-order valence-electron chi connectivity index (χ0n) is 20.3. The molecule has 2 aromatic rings. The number of carbonyl (C=O) groups excluding carboxylic acids is 1. The molecular weight excluding hydrogens is 710 g/mol. The van der Waals surface area contributed by atoms with E-state index in [-0.39, 0.29) is 30.0 Å². The van der Waals surface area contributed by atoms with Gasteiger partial charge in [-0.05, 0) is 36.0 Å². The lowest BCUT2D eigenvalue weighted by molar-refractivity contribution is -0.388. The van der Waals surface area contributed by atoms with E-state index in [1.165, 1.54) is 0 Å². The van der Waals surface area contributed by atoms with Crippen LogP contribution in [0.1, 0.15) is 0 Å². The molecule has 0 unspecified atom stereocenters. The van der Waals surface area contributed by atoms with Crippen LogP contribution in [-0.2, 0) is 14.6 Å². The topological polar surface area (TPSA) is 106 Å². The molecule has 1 amide bonds. The van der Waals surface area contributed by atoms with E-state index in [1.807, 2.05) is 5.32 Å². The third-order valence-corrected chi connectivity index (χ3v) is 8.93. The number of carbonyl (C=O) groups is 1. The fraction of sp³-hybridized carbons (Fsp3) is 0.350. The molecule has 0 aliphatic heterocycles. The molecule has 0 saturated carbocycles. The van der Waals surface area contributed by atoms with E-state index in [1.54, 1.807) is 0 Å². The second-order valence-electron chi connectivity index (χ2n) is 8.00. The highest BCUT2D eigenvalue weighted by molar-refractivity contribution is 8.00. The van der Waals surface area contributed by atoms with Gasteiger partial charge in [-0.2, -0.15) is 61.5 Å². The van der Waals surface area contributed by atoms with Crippen LogP contribution in [0.3, 0.4) is 0 Å². The van der Waals surface area contributed by atoms with Crippen LogP contribution in [-0.4, -0.2) is 59.7 Å². The molecule has 0 aliphatic rings. The average molecular weight is 720 g/mol. The van der Waals surface area contributed by atoms with Crippen molar-refractivity contribution >= 4 is 50.6 Å². The van der Waals surface area contributed by atoms with Crippen molar-refractivity contribution in [1.82, 2.24) is 0 Å². The number of benzene rings is 2. The molecule has 246 valence electrons. The minimum absolute atomic E-state index is 0.0161. The van der Waals surface area contributed by atoms with Crippen LogP contribution in [0.5, 0.6) is 0 Å². The predicted octanol–water partition coefficient (Wildman–Crippen LogP) is 7.77. The molecule has 44 heavy (non-hydrogen) atoms. The Balaban J connectivity index is 2.32. The number of hydrogen-bond donors (Lipinski definition) is 1. The molecule has 1 N–H and O–H groups in total. The van der Waals surface area contributed by atoms with Crippen molar-refractivity contribution in [2.45, 2.75) is 49.4 Å². The smallest absolute Gasteiger partial charge is 0.324 e. The van der Waals surface area contributed by atoms with Gasteiger partial charge in [0.15, 0.2) is 0 Å². The fourth-order valence-electron chi connectivity index (χ4n) is 2.77. The molecule has 7 nitrogen and oxygen atoms in total. The largest absolute Gasteiger partial charge is 0.461 e. The molecule has 0 fully saturated rings. The number of nitro groups is 1. The number of amides is 1. The van der Waals surface area contributed by atoms with Crippen molar-refractivity contribution in [3.05, 3.63) is 52.6 Å². The molecule has 2 aromatic carbocycles. The van der Waals surface area contributed by atoms with Gasteiger partial charge >= 0.3 is 34.7 Å². The van der Waals surface area contributed by atoms with Crippen LogP contribution >= 0.6 is 23.5 Å². The maximum atomic E-state index is 13.9. The third kappa shape index (κ3) is 6.94. The number of nitro benzene ring substituents is 1. The lowest BCUT2D eigenvalue weighted by atomic mass is 10.3. The summed E-state index contributed by atoms with van der Waals surface area (Å²) in [6, 6.07) is 3.31. The summed E-state index contributed by atoms with van der Waals surface area (Å²) in [5.41, 5.74) is -2.23.